The van der Waals surface area contributed by atoms with Gasteiger partial charge in [-0.2, -0.15) is 0 Å². The first-order valence-corrected chi connectivity index (χ1v) is 13.3. The lowest BCUT2D eigenvalue weighted by Gasteiger charge is -2.42. The van der Waals surface area contributed by atoms with Gasteiger partial charge in [0.2, 0.25) is 5.91 Å². The molecule has 2 aliphatic heterocycles. The minimum atomic E-state index is -1.20. The van der Waals surface area contributed by atoms with Gasteiger partial charge in [0.1, 0.15) is 35.2 Å². The fourth-order valence-electron chi connectivity index (χ4n) is 5.73. The number of carbonyl (C=O) groups excluding carboxylic acids is 3. The van der Waals surface area contributed by atoms with E-state index in [-0.39, 0.29) is 24.6 Å². The molecule has 2 atom stereocenters. The molecule has 1 unspecified atom stereocenters. The Kier molecular flexibility index (Phi) is 6.45. The second-order valence-corrected chi connectivity index (χ2v) is 11.2. The Balaban J connectivity index is 1.19. The van der Waals surface area contributed by atoms with Crippen LogP contribution in [0.5, 0.6) is 0 Å². The Labute approximate surface area is 235 Å². The number of nitrogens with zero attached hydrogens (tertiary/aromatic N) is 2. The maximum absolute atomic E-state index is 14.0. The average Bonchev–Trinajstić information content (AvgIpc) is 3.45. The highest BCUT2D eigenvalue weighted by Gasteiger charge is 2.48. The van der Waals surface area contributed by atoms with Gasteiger partial charge in [-0.1, -0.05) is 36.4 Å². The number of morpholine rings is 1. The van der Waals surface area contributed by atoms with Gasteiger partial charge in [-0.25, -0.2) is 8.78 Å². The third-order valence-corrected chi connectivity index (χ3v) is 7.82. The number of halogens is 2. The zero-order chi connectivity index (χ0) is 28.9. The Morgan fingerprint density at radius 1 is 1.02 bits per heavy atom. The van der Waals surface area contributed by atoms with Crippen LogP contribution in [0.2, 0.25) is 0 Å². The molecular weight excluding hydrogens is 530 g/mol. The summed E-state index contributed by atoms with van der Waals surface area (Å²) in [5.41, 5.74) is 1.27. The predicted molar refractivity (Wildman–Crippen MR) is 147 cm³/mol. The van der Waals surface area contributed by atoms with Crippen molar-refractivity contribution in [3.05, 3.63) is 101 Å². The summed E-state index contributed by atoms with van der Waals surface area (Å²) in [4.78, 5) is 45.5. The molecule has 3 aromatic rings. The standard InChI is InChI=1S/C31H28F2N4O4/c1-30(2)29(40)37(25(17-41-30)20-10-22(32)13-23(33)11-20)16-26(38)34-24-9-8-19-14-31(15-21(19)12-24)28(39)35-27(36-31)18-6-4-3-5-7-18/h3-13,25H,14-17H2,1-2H3,(H,34,38)(H,35,36,39)/t25-,31?/m0/s1. The number of fused-ring (bicyclic) bond motifs is 1. The zero-order valence-electron chi connectivity index (χ0n) is 22.5. The molecule has 1 saturated heterocycles. The van der Waals surface area contributed by atoms with Gasteiger partial charge in [-0.05, 0) is 54.8 Å². The van der Waals surface area contributed by atoms with Crippen LogP contribution in [0.4, 0.5) is 14.5 Å². The summed E-state index contributed by atoms with van der Waals surface area (Å²) < 4.78 is 33.6. The maximum Gasteiger partial charge on any atom is 0.255 e. The fourth-order valence-corrected chi connectivity index (χ4v) is 5.73. The van der Waals surface area contributed by atoms with Crippen LogP contribution >= 0.6 is 0 Å². The Morgan fingerprint density at radius 3 is 2.46 bits per heavy atom. The fraction of sp³-hybridized carbons (Fsp3) is 0.290. The zero-order valence-corrected chi connectivity index (χ0v) is 22.5. The topological polar surface area (TPSA) is 100 Å². The van der Waals surface area contributed by atoms with Gasteiger partial charge in [-0.3, -0.25) is 19.4 Å². The molecule has 3 aromatic carbocycles. The molecule has 2 heterocycles. The third-order valence-electron chi connectivity index (χ3n) is 7.82. The van der Waals surface area contributed by atoms with E-state index >= 15 is 0 Å². The lowest BCUT2D eigenvalue weighted by Crippen LogP contribution is -2.56. The minimum Gasteiger partial charge on any atom is -0.363 e. The highest BCUT2D eigenvalue weighted by molar-refractivity contribution is 6.15. The summed E-state index contributed by atoms with van der Waals surface area (Å²) in [6, 6.07) is 17.1. The van der Waals surface area contributed by atoms with E-state index in [9.17, 15) is 23.2 Å². The van der Waals surface area contributed by atoms with Crippen molar-refractivity contribution in [2.24, 2.45) is 4.99 Å². The second kappa shape index (κ2) is 9.88. The Bertz CT molecular complexity index is 1590. The molecule has 0 saturated carbocycles. The van der Waals surface area contributed by atoms with Crippen LogP contribution in [0, 0.1) is 11.6 Å². The molecule has 0 aromatic heterocycles. The predicted octanol–water partition coefficient (Wildman–Crippen LogP) is 3.70. The molecule has 2 N–H and O–H groups in total. The number of ether oxygens (including phenoxy) is 1. The van der Waals surface area contributed by atoms with E-state index in [0.717, 1.165) is 34.9 Å². The number of aliphatic imine (C=N–C) groups is 1. The van der Waals surface area contributed by atoms with Gasteiger partial charge in [0, 0.05) is 30.2 Å². The van der Waals surface area contributed by atoms with Crippen molar-refractivity contribution in [2.45, 2.75) is 43.9 Å². The molecular formula is C31H28F2N4O4. The number of hydrogen-bond donors (Lipinski definition) is 2. The molecule has 3 amide bonds. The SMILES string of the molecule is CC1(C)OC[C@@H](c2cc(F)cc(F)c2)N(CC(=O)Nc2ccc3c(c2)CC2(C3)N=C(c3ccccc3)NC2=O)C1=O. The van der Waals surface area contributed by atoms with Crippen LogP contribution in [0.1, 0.15) is 42.1 Å². The average molecular weight is 559 g/mol. The molecule has 210 valence electrons. The normalized spacial score (nSPS) is 22.9. The van der Waals surface area contributed by atoms with Crippen molar-refractivity contribution in [1.29, 1.82) is 0 Å². The van der Waals surface area contributed by atoms with E-state index in [1.807, 2.05) is 42.5 Å². The summed E-state index contributed by atoms with van der Waals surface area (Å²) in [7, 11) is 0. The monoisotopic (exact) mass is 558 g/mol. The van der Waals surface area contributed by atoms with E-state index < -0.39 is 40.6 Å². The number of rotatable bonds is 5. The van der Waals surface area contributed by atoms with Crippen LogP contribution < -0.4 is 10.6 Å². The molecule has 0 bridgehead atoms. The smallest absolute Gasteiger partial charge is 0.255 e. The number of amidine groups is 1. The van der Waals surface area contributed by atoms with Crippen molar-refractivity contribution in [2.75, 3.05) is 18.5 Å². The molecule has 1 fully saturated rings. The number of amides is 3. The number of anilines is 1. The largest absolute Gasteiger partial charge is 0.363 e. The van der Waals surface area contributed by atoms with Gasteiger partial charge in [-0.15, -0.1) is 0 Å². The van der Waals surface area contributed by atoms with Crippen molar-refractivity contribution in [3.8, 4) is 0 Å². The number of benzene rings is 3. The van der Waals surface area contributed by atoms with Gasteiger partial charge in [0.15, 0.2) is 0 Å². The van der Waals surface area contributed by atoms with E-state index in [0.29, 0.717) is 24.4 Å². The summed E-state index contributed by atoms with van der Waals surface area (Å²) in [5, 5.41) is 5.74. The van der Waals surface area contributed by atoms with Crippen LogP contribution in [0.25, 0.3) is 0 Å². The van der Waals surface area contributed by atoms with E-state index in [1.54, 1.807) is 19.9 Å². The van der Waals surface area contributed by atoms with E-state index in [1.165, 1.54) is 4.90 Å². The minimum absolute atomic E-state index is 0.0244. The third kappa shape index (κ3) is 4.99. The molecule has 10 heteroatoms. The van der Waals surface area contributed by atoms with Gasteiger partial charge in [0.05, 0.1) is 12.6 Å². The highest BCUT2D eigenvalue weighted by atomic mass is 19.1. The number of nitrogens with one attached hydrogen (secondary N) is 2. The van der Waals surface area contributed by atoms with Crippen LogP contribution in [-0.4, -0.2) is 52.7 Å². The lowest BCUT2D eigenvalue weighted by atomic mass is 9.97. The van der Waals surface area contributed by atoms with Crippen molar-refractivity contribution in [1.82, 2.24) is 10.2 Å². The molecule has 41 heavy (non-hydrogen) atoms. The summed E-state index contributed by atoms with van der Waals surface area (Å²) in [6.07, 6.45) is 0.833. The van der Waals surface area contributed by atoms with Crippen molar-refractivity contribution in [3.63, 3.8) is 0 Å². The van der Waals surface area contributed by atoms with Gasteiger partial charge >= 0.3 is 0 Å². The highest BCUT2D eigenvalue weighted by Crippen LogP contribution is 2.38. The molecule has 3 aliphatic rings. The second-order valence-electron chi connectivity index (χ2n) is 11.2. The first-order chi connectivity index (χ1) is 19.5. The van der Waals surface area contributed by atoms with E-state index in [2.05, 4.69) is 10.6 Å². The van der Waals surface area contributed by atoms with Crippen molar-refractivity contribution >= 4 is 29.2 Å². The summed E-state index contributed by atoms with van der Waals surface area (Å²) >= 11 is 0. The lowest BCUT2D eigenvalue weighted by molar-refractivity contribution is -0.175. The van der Waals surface area contributed by atoms with Gasteiger partial charge < -0.3 is 20.3 Å². The van der Waals surface area contributed by atoms with Crippen LogP contribution in [-0.2, 0) is 32.0 Å². The Hall–Kier alpha value is -4.44. The van der Waals surface area contributed by atoms with Crippen LogP contribution in [0.15, 0.2) is 71.7 Å². The molecule has 6 rings (SSSR count). The number of hydrogen-bond acceptors (Lipinski definition) is 5. The first kappa shape index (κ1) is 26.8. The van der Waals surface area contributed by atoms with Gasteiger partial charge in [0.25, 0.3) is 11.8 Å². The maximum atomic E-state index is 14.0. The van der Waals surface area contributed by atoms with E-state index in [4.69, 9.17) is 9.73 Å². The molecule has 8 nitrogen and oxygen atoms in total. The summed E-state index contributed by atoms with van der Waals surface area (Å²) in [5.74, 6) is -2.13. The molecule has 0 radical (unpaired) electrons. The molecule has 1 spiro atoms. The number of carbonyl (C=O) groups is 3. The quantitative estimate of drug-likeness (QED) is 0.499. The molecule has 1 aliphatic carbocycles. The van der Waals surface area contributed by atoms with Crippen molar-refractivity contribution < 1.29 is 27.9 Å². The summed E-state index contributed by atoms with van der Waals surface area (Å²) in [6.45, 7) is 2.81. The Morgan fingerprint density at radius 2 is 1.73 bits per heavy atom. The first-order valence-electron chi connectivity index (χ1n) is 13.3. The van der Waals surface area contributed by atoms with Crippen LogP contribution in [0.3, 0.4) is 0 Å².